The maximum absolute atomic E-state index is 11.7. The SMILES string of the molecule is CCC(CC)O[C@@H]1C=C(c2cc(-c3ccccn3)on2)C[C@H](N)[C@H]1NC(C)=O.O=C(O)C(F)(F)F. The number of alkyl halides is 3. The molecule has 12 heteroatoms. The van der Waals surface area contributed by atoms with Crippen LogP contribution in [0.5, 0.6) is 0 Å². The molecule has 0 bridgehead atoms. The molecule has 35 heavy (non-hydrogen) atoms. The average Bonchev–Trinajstić information content (AvgIpc) is 3.30. The van der Waals surface area contributed by atoms with E-state index < -0.39 is 12.1 Å². The molecule has 0 aromatic carbocycles. The first-order valence-corrected chi connectivity index (χ1v) is 11.0. The zero-order chi connectivity index (χ0) is 26.2. The van der Waals surface area contributed by atoms with Crippen molar-refractivity contribution in [2.75, 3.05) is 0 Å². The van der Waals surface area contributed by atoms with Gasteiger partial charge < -0.3 is 25.4 Å². The molecule has 3 atom stereocenters. The van der Waals surface area contributed by atoms with Gasteiger partial charge in [0, 0.05) is 25.2 Å². The third-order valence-electron chi connectivity index (χ3n) is 5.27. The second-order valence-corrected chi connectivity index (χ2v) is 7.92. The number of halogens is 3. The maximum atomic E-state index is 11.7. The van der Waals surface area contributed by atoms with Crippen LogP contribution in [0.15, 0.2) is 41.1 Å². The van der Waals surface area contributed by atoms with Gasteiger partial charge in [-0.25, -0.2) is 4.79 Å². The molecule has 0 spiro atoms. The Morgan fingerprint density at radius 1 is 1.29 bits per heavy atom. The van der Waals surface area contributed by atoms with Crippen molar-refractivity contribution in [3.8, 4) is 11.5 Å². The number of nitrogens with zero attached hydrogens (tertiary/aromatic N) is 2. The molecule has 9 nitrogen and oxygen atoms in total. The van der Waals surface area contributed by atoms with Gasteiger partial charge in [0.05, 0.1) is 18.2 Å². The number of nitrogens with one attached hydrogen (secondary N) is 1. The number of aliphatic carboxylic acids is 1. The van der Waals surface area contributed by atoms with Gasteiger partial charge in [-0.2, -0.15) is 13.2 Å². The molecule has 0 radical (unpaired) electrons. The zero-order valence-corrected chi connectivity index (χ0v) is 19.6. The Morgan fingerprint density at radius 3 is 2.46 bits per heavy atom. The van der Waals surface area contributed by atoms with Crippen LogP contribution < -0.4 is 11.1 Å². The summed E-state index contributed by atoms with van der Waals surface area (Å²) >= 11 is 0. The third-order valence-corrected chi connectivity index (χ3v) is 5.27. The van der Waals surface area contributed by atoms with Crippen molar-refractivity contribution >= 4 is 17.4 Å². The van der Waals surface area contributed by atoms with Gasteiger partial charge in [0.2, 0.25) is 5.91 Å². The molecular weight excluding hydrogens is 469 g/mol. The Morgan fingerprint density at radius 2 is 1.94 bits per heavy atom. The molecular formula is C23H29F3N4O5. The Hall–Kier alpha value is -3.25. The number of carboxylic acids is 1. The number of amides is 1. The lowest BCUT2D eigenvalue weighted by Crippen LogP contribution is -2.56. The topological polar surface area (TPSA) is 141 Å². The standard InChI is InChI=1S/C21H28N4O3.C2HF3O2/c1-4-15(5-2)27-20-11-14(10-16(22)21(20)24-13(3)26)18-12-19(28-25-18)17-8-6-7-9-23-17;3-2(4,5)1(6)7/h6-9,11-12,15-16,20-21H,4-5,10,22H2,1-3H3,(H,24,26);(H,6,7)/t16-,20+,21+;/m0./s1. The summed E-state index contributed by atoms with van der Waals surface area (Å²) in [5, 5.41) is 14.3. The number of carbonyl (C=O) groups is 2. The number of nitrogens with two attached hydrogens (primary N) is 1. The van der Waals surface area contributed by atoms with Crippen LogP contribution in [0.4, 0.5) is 13.2 Å². The van der Waals surface area contributed by atoms with Crippen LogP contribution in [-0.4, -0.2) is 57.6 Å². The molecule has 2 aromatic heterocycles. The molecule has 192 valence electrons. The lowest BCUT2D eigenvalue weighted by Gasteiger charge is -2.36. The number of rotatable bonds is 7. The van der Waals surface area contributed by atoms with Crippen molar-refractivity contribution in [1.29, 1.82) is 0 Å². The second-order valence-electron chi connectivity index (χ2n) is 7.92. The summed E-state index contributed by atoms with van der Waals surface area (Å²) in [5.41, 5.74) is 8.81. The van der Waals surface area contributed by atoms with E-state index in [1.807, 2.05) is 30.3 Å². The lowest BCUT2D eigenvalue weighted by atomic mass is 9.86. The van der Waals surface area contributed by atoms with E-state index in [-0.39, 0.29) is 30.2 Å². The summed E-state index contributed by atoms with van der Waals surface area (Å²) in [7, 11) is 0. The summed E-state index contributed by atoms with van der Waals surface area (Å²) in [6, 6.07) is 6.94. The van der Waals surface area contributed by atoms with Gasteiger partial charge >= 0.3 is 12.1 Å². The number of hydrogen-bond donors (Lipinski definition) is 3. The molecule has 2 heterocycles. The second kappa shape index (κ2) is 12.5. The highest BCUT2D eigenvalue weighted by Crippen LogP contribution is 2.31. The van der Waals surface area contributed by atoms with Crippen molar-refractivity contribution in [3.05, 3.63) is 42.2 Å². The predicted molar refractivity (Wildman–Crippen MR) is 121 cm³/mol. The van der Waals surface area contributed by atoms with E-state index in [1.165, 1.54) is 6.92 Å². The summed E-state index contributed by atoms with van der Waals surface area (Å²) in [6.45, 7) is 5.67. The fourth-order valence-corrected chi connectivity index (χ4v) is 3.49. The quantitative estimate of drug-likeness (QED) is 0.526. The zero-order valence-electron chi connectivity index (χ0n) is 19.6. The Labute approximate surface area is 200 Å². The van der Waals surface area contributed by atoms with E-state index in [4.69, 9.17) is 24.9 Å². The van der Waals surface area contributed by atoms with Crippen LogP contribution in [0.3, 0.4) is 0 Å². The van der Waals surface area contributed by atoms with Crippen LogP contribution in [0.1, 0.15) is 45.7 Å². The van der Waals surface area contributed by atoms with Crippen molar-refractivity contribution < 1.29 is 37.1 Å². The number of hydrogen-bond acceptors (Lipinski definition) is 7. The average molecular weight is 499 g/mol. The summed E-state index contributed by atoms with van der Waals surface area (Å²) < 4.78 is 43.5. The van der Waals surface area contributed by atoms with Gasteiger partial charge in [0.25, 0.3) is 0 Å². The van der Waals surface area contributed by atoms with Gasteiger partial charge in [0.15, 0.2) is 5.76 Å². The molecule has 0 aliphatic heterocycles. The maximum Gasteiger partial charge on any atom is 0.490 e. The largest absolute Gasteiger partial charge is 0.490 e. The molecule has 2 aromatic rings. The molecule has 4 N–H and O–H groups in total. The molecule has 0 unspecified atom stereocenters. The van der Waals surface area contributed by atoms with Crippen molar-refractivity contribution in [2.45, 2.75) is 70.5 Å². The van der Waals surface area contributed by atoms with Crippen molar-refractivity contribution in [3.63, 3.8) is 0 Å². The molecule has 0 fully saturated rings. The van der Waals surface area contributed by atoms with Crippen LogP contribution >= 0.6 is 0 Å². The Kier molecular flexibility index (Phi) is 9.96. The van der Waals surface area contributed by atoms with E-state index in [0.29, 0.717) is 12.2 Å². The summed E-state index contributed by atoms with van der Waals surface area (Å²) in [6.07, 6.45) is 0.792. The highest BCUT2D eigenvalue weighted by Gasteiger charge is 2.38. The molecule has 3 rings (SSSR count). The molecule has 1 amide bonds. The first-order chi connectivity index (χ1) is 16.5. The number of aromatic nitrogens is 2. The van der Waals surface area contributed by atoms with E-state index >= 15 is 0 Å². The molecule has 0 saturated carbocycles. The minimum atomic E-state index is -5.08. The predicted octanol–water partition coefficient (Wildman–Crippen LogP) is 3.56. The van der Waals surface area contributed by atoms with Gasteiger partial charge in [-0.05, 0) is 43.0 Å². The van der Waals surface area contributed by atoms with Gasteiger partial charge in [0.1, 0.15) is 11.4 Å². The van der Waals surface area contributed by atoms with E-state index in [0.717, 1.165) is 29.8 Å². The van der Waals surface area contributed by atoms with Gasteiger partial charge in [-0.1, -0.05) is 25.1 Å². The first kappa shape index (κ1) is 28.0. The third kappa shape index (κ3) is 8.18. The van der Waals surface area contributed by atoms with Crippen molar-refractivity contribution in [2.24, 2.45) is 5.73 Å². The number of ether oxygens (including phenoxy) is 1. The molecule has 0 saturated heterocycles. The Bertz CT molecular complexity index is 1010. The highest BCUT2D eigenvalue weighted by atomic mass is 19.4. The first-order valence-electron chi connectivity index (χ1n) is 11.0. The van der Waals surface area contributed by atoms with Crippen LogP contribution in [-0.2, 0) is 14.3 Å². The number of carboxylic acid groups (broad SMARTS) is 1. The normalized spacial score (nSPS) is 20.0. The van der Waals surface area contributed by atoms with E-state index in [9.17, 15) is 18.0 Å². The fourth-order valence-electron chi connectivity index (χ4n) is 3.49. The fraction of sp³-hybridized carbons (Fsp3) is 0.478. The summed E-state index contributed by atoms with van der Waals surface area (Å²) in [4.78, 5) is 24.9. The number of carbonyl (C=O) groups excluding carboxylic acids is 1. The van der Waals surface area contributed by atoms with Gasteiger partial charge in [-0.3, -0.25) is 9.78 Å². The van der Waals surface area contributed by atoms with Crippen LogP contribution in [0, 0.1) is 0 Å². The van der Waals surface area contributed by atoms with E-state index in [1.54, 1.807) is 6.20 Å². The monoisotopic (exact) mass is 498 g/mol. The lowest BCUT2D eigenvalue weighted by molar-refractivity contribution is -0.192. The Balaban J connectivity index is 0.000000540. The van der Waals surface area contributed by atoms with Crippen molar-refractivity contribution in [1.82, 2.24) is 15.5 Å². The summed E-state index contributed by atoms with van der Waals surface area (Å²) in [5.74, 6) is -2.27. The minimum absolute atomic E-state index is 0.102. The van der Waals surface area contributed by atoms with Crippen LogP contribution in [0.2, 0.25) is 0 Å². The minimum Gasteiger partial charge on any atom is -0.475 e. The smallest absolute Gasteiger partial charge is 0.475 e. The highest BCUT2D eigenvalue weighted by molar-refractivity contribution is 5.74. The van der Waals surface area contributed by atoms with Crippen LogP contribution in [0.25, 0.3) is 17.0 Å². The van der Waals surface area contributed by atoms with Gasteiger partial charge in [-0.15, -0.1) is 0 Å². The molecule has 1 aliphatic rings. The number of pyridine rings is 1. The molecule has 1 aliphatic carbocycles. The van der Waals surface area contributed by atoms with E-state index in [2.05, 4.69) is 29.3 Å².